The summed E-state index contributed by atoms with van der Waals surface area (Å²) < 4.78 is 6.80. The molecule has 1 aliphatic heterocycles. The molecule has 3 aromatic heterocycles. The molecular weight excluding hydrogens is 376 g/mol. The number of aromatic nitrogens is 2. The summed E-state index contributed by atoms with van der Waals surface area (Å²) in [4.78, 5) is 5.55. The van der Waals surface area contributed by atoms with E-state index in [1.807, 2.05) is 23.6 Å². The highest BCUT2D eigenvalue weighted by atomic mass is 35.5. The summed E-state index contributed by atoms with van der Waals surface area (Å²) in [5, 5.41) is 10.5. The van der Waals surface area contributed by atoms with Crippen LogP contribution in [0.4, 0.5) is 0 Å². The molecule has 0 amide bonds. The molecule has 1 atom stereocenters. The molecule has 3 aromatic rings. The van der Waals surface area contributed by atoms with Gasteiger partial charge in [0.05, 0.1) is 14.1 Å². The maximum absolute atomic E-state index is 6.03. The van der Waals surface area contributed by atoms with Gasteiger partial charge in [-0.15, -0.1) is 32.9 Å². The van der Waals surface area contributed by atoms with Gasteiger partial charge in [-0.2, -0.15) is 0 Å². The van der Waals surface area contributed by atoms with Gasteiger partial charge in [0.15, 0.2) is 6.04 Å². The Morgan fingerprint density at radius 3 is 2.72 bits per heavy atom. The molecule has 0 saturated carbocycles. The Morgan fingerprint density at radius 1 is 1.20 bits per heavy atom. The van der Waals surface area contributed by atoms with E-state index in [-0.39, 0.29) is 6.04 Å². The van der Waals surface area contributed by atoms with Gasteiger partial charge < -0.3 is 14.2 Å². The molecule has 0 aliphatic carbocycles. The van der Waals surface area contributed by atoms with E-state index in [1.165, 1.54) is 9.78 Å². The van der Waals surface area contributed by atoms with E-state index >= 15 is 0 Å². The number of piperazine rings is 1. The molecule has 25 heavy (non-hydrogen) atoms. The number of hydrogen-bond acceptors (Lipinski definition) is 5. The Bertz CT molecular complexity index is 808. The van der Waals surface area contributed by atoms with Crippen molar-refractivity contribution in [3.05, 3.63) is 44.7 Å². The van der Waals surface area contributed by atoms with E-state index in [1.54, 1.807) is 27.6 Å². The lowest BCUT2D eigenvalue weighted by Crippen LogP contribution is -3.27. The number of rotatable bonds is 5. The monoisotopic (exact) mass is 396 g/mol. The molecule has 5 nitrogen and oxygen atoms in total. The van der Waals surface area contributed by atoms with Gasteiger partial charge in [0.1, 0.15) is 32.7 Å². The smallest absolute Gasteiger partial charge is 0.274 e. The molecule has 0 unspecified atom stereocenters. The van der Waals surface area contributed by atoms with Crippen molar-refractivity contribution in [3.8, 4) is 10.8 Å². The van der Waals surface area contributed by atoms with Gasteiger partial charge >= 0.3 is 0 Å². The van der Waals surface area contributed by atoms with Crippen LogP contribution in [0.5, 0.6) is 0 Å². The lowest BCUT2D eigenvalue weighted by Gasteiger charge is -2.31. The first-order valence-corrected chi connectivity index (χ1v) is 10.6. The molecule has 1 saturated heterocycles. The Kier molecular flexibility index (Phi) is 5.19. The molecule has 0 aromatic carbocycles. The minimum absolute atomic E-state index is 0.235. The molecule has 0 bridgehead atoms. The molecule has 8 heteroatoms. The zero-order valence-electron chi connectivity index (χ0n) is 14.0. The predicted molar refractivity (Wildman–Crippen MR) is 100 cm³/mol. The number of quaternary nitrogens is 2. The SMILES string of the molecule is C[C@@H](c1nnc(-c2cccs2)o1)[NH+]1CC[NH+](Cc2ccc(Cl)s2)CC1. The van der Waals surface area contributed by atoms with E-state index in [0.717, 1.165) is 47.8 Å². The van der Waals surface area contributed by atoms with E-state index < -0.39 is 0 Å². The lowest BCUT2D eigenvalue weighted by atomic mass is 10.2. The summed E-state index contributed by atoms with van der Waals surface area (Å²) in [6, 6.07) is 8.39. The second-order valence-electron chi connectivity index (χ2n) is 6.44. The van der Waals surface area contributed by atoms with Crippen molar-refractivity contribution >= 4 is 34.3 Å². The number of nitrogens with zero attached hydrogens (tertiary/aromatic N) is 2. The molecular formula is C17H21ClN4OS2+2. The van der Waals surface area contributed by atoms with Crippen LogP contribution in [0.1, 0.15) is 23.7 Å². The average Bonchev–Trinajstić information content (AvgIpc) is 3.36. The summed E-state index contributed by atoms with van der Waals surface area (Å²) in [6.45, 7) is 7.80. The maximum Gasteiger partial charge on any atom is 0.274 e. The van der Waals surface area contributed by atoms with Gasteiger partial charge in [-0.25, -0.2) is 0 Å². The van der Waals surface area contributed by atoms with E-state index in [0.29, 0.717) is 5.89 Å². The van der Waals surface area contributed by atoms with E-state index in [4.69, 9.17) is 16.0 Å². The van der Waals surface area contributed by atoms with Gasteiger partial charge in [-0.3, -0.25) is 0 Å². The summed E-state index contributed by atoms with van der Waals surface area (Å²) in [5.41, 5.74) is 0. The second-order valence-corrected chi connectivity index (χ2v) is 9.18. The third-order valence-corrected chi connectivity index (χ3v) is 6.90. The van der Waals surface area contributed by atoms with Crippen LogP contribution >= 0.6 is 34.3 Å². The Morgan fingerprint density at radius 2 is 2.04 bits per heavy atom. The van der Waals surface area contributed by atoms with Crippen LogP contribution < -0.4 is 9.80 Å². The fourth-order valence-electron chi connectivity index (χ4n) is 3.31. The minimum Gasteiger partial charge on any atom is -0.414 e. The van der Waals surface area contributed by atoms with Crippen molar-refractivity contribution in [2.24, 2.45) is 0 Å². The van der Waals surface area contributed by atoms with Crippen molar-refractivity contribution in [3.63, 3.8) is 0 Å². The van der Waals surface area contributed by atoms with Gasteiger partial charge in [-0.1, -0.05) is 17.7 Å². The van der Waals surface area contributed by atoms with Crippen LogP contribution in [0.15, 0.2) is 34.1 Å². The van der Waals surface area contributed by atoms with E-state index in [9.17, 15) is 0 Å². The Labute approximate surface area is 159 Å². The topological polar surface area (TPSA) is 47.8 Å². The highest BCUT2D eigenvalue weighted by molar-refractivity contribution is 7.16. The van der Waals surface area contributed by atoms with Crippen molar-refractivity contribution in [2.75, 3.05) is 26.2 Å². The fraction of sp³-hybridized carbons (Fsp3) is 0.412. The van der Waals surface area contributed by atoms with Crippen molar-refractivity contribution in [2.45, 2.75) is 19.5 Å². The largest absolute Gasteiger partial charge is 0.414 e. The molecule has 0 spiro atoms. The quantitative estimate of drug-likeness (QED) is 0.688. The number of nitrogens with one attached hydrogen (secondary N) is 2. The third kappa shape index (κ3) is 3.96. The molecule has 4 rings (SSSR count). The Balaban J connectivity index is 1.34. The maximum atomic E-state index is 6.03. The molecule has 132 valence electrons. The molecule has 1 fully saturated rings. The zero-order chi connectivity index (χ0) is 17.2. The lowest BCUT2D eigenvalue weighted by molar-refractivity contribution is -1.03. The molecule has 1 aliphatic rings. The highest BCUT2D eigenvalue weighted by Crippen LogP contribution is 2.24. The second kappa shape index (κ2) is 7.55. The predicted octanol–water partition coefficient (Wildman–Crippen LogP) is 1.56. The van der Waals surface area contributed by atoms with Crippen LogP contribution in [-0.2, 0) is 6.54 Å². The summed E-state index contributed by atoms with van der Waals surface area (Å²) in [7, 11) is 0. The number of hydrogen-bond donors (Lipinski definition) is 2. The summed E-state index contributed by atoms with van der Waals surface area (Å²) >= 11 is 9.35. The summed E-state index contributed by atoms with van der Waals surface area (Å²) in [6.07, 6.45) is 0. The van der Waals surface area contributed by atoms with Crippen molar-refractivity contribution in [1.29, 1.82) is 0 Å². The fourth-order valence-corrected chi connectivity index (χ4v) is 5.12. The van der Waals surface area contributed by atoms with Crippen LogP contribution in [0.3, 0.4) is 0 Å². The van der Waals surface area contributed by atoms with Crippen LogP contribution in [0.25, 0.3) is 10.8 Å². The number of thiophene rings is 2. The highest BCUT2D eigenvalue weighted by Gasteiger charge is 2.31. The normalized spacial score (nSPS) is 22.2. The van der Waals surface area contributed by atoms with Gasteiger partial charge in [0, 0.05) is 0 Å². The van der Waals surface area contributed by atoms with Crippen molar-refractivity contribution < 1.29 is 14.2 Å². The first-order chi connectivity index (χ1) is 12.2. The first kappa shape index (κ1) is 17.2. The molecule has 2 N–H and O–H groups in total. The standard InChI is InChI=1S/C17H19ClN4OS2/c1-12(16-19-20-17(23-16)14-3-2-10-24-14)22-8-6-21(7-9-22)11-13-4-5-15(18)25-13/h2-5,10,12H,6-9,11H2,1H3/p+2/t12-/m0/s1. The number of halogens is 1. The van der Waals surface area contributed by atoms with E-state index in [2.05, 4.69) is 23.2 Å². The average molecular weight is 397 g/mol. The molecule has 4 heterocycles. The van der Waals surface area contributed by atoms with Gasteiger partial charge in [0.2, 0.25) is 0 Å². The van der Waals surface area contributed by atoms with Gasteiger partial charge in [0.25, 0.3) is 11.8 Å². The molecule has 0 radical (unpaired) electrons. The van der Waals surface area contributed by atoms with Crippen LogP contribution in [0.2, 0.25) is 4.34 Å². The minimum atomic E-state index is 0.235. The Hall–Kier alpha value is -1.25. The summed E-state index contributed by atoms with van der Waals surface area (Å²) in [5.74, 6) is 1.38. The first-order valence-electron chi connectivity index (χ1n) is 8.48. The zero-order valence-corrected chi connectivity index (χ0v) is 16.4. The van der Waals surface area contributed by atoms with Crippen molar-refractivity contribution in [1.82, 2.24) is 10.2 Å². The third-order valence-electron chi connectivity index (χ3n) is 4.81. The van der Waals surface area contributed by atoms with Crippen LogP contribution in [0, 0.1) is 0 Å². The van der Waals surface area contributed by atoms with Gasteiger partial charge in [-0.05, 0) is 30.5 Å². The van der Waals surface area contributed by atoms with Crippen LogP contribution in [-0.4, -0.2) is 36.4 Å².